The fourth-order valence-corrected chi connectivity index (χ4v) is 5.25. The van der Waals surface area contributed by atoms with E-state index >= 15 is 0 Å². The lowest BCUT2D eigenvalue weighted by Crippen LogP contribution is -2.33. The van der Waals surface area contributed by atoms with E-state index in [2.05, 4.69) is 12.2 Å². The Morgan fingerprint density at radius 3 is 1.71 bits per heavy atom. The van der Waals surface area contributed by atoms with E-state index in [1.165, 1.54) is 56.4 Å². The van der Waals surface area contributed by atoms with Gasteiger partial charge in [0.1, 0.15) is 5.75 Å². The molecule has 0 saturated heterocycles. The Labute approximate surface area is 282 Å². The van der Waals surface area contributed by atoms with Crippen molar-refractivity contribution in [2.75, 3.05) is 5.32 Å². The smallest absolute Gasteiger partial charge is 0.425 e. The van der Waals surface area contributed by atoms with Crippen LogP contribution in [0.2, 0.25) is 0 Å². The number of benzene rings is 3. The highest BCUT2D eigenvalue weighted by molar-refractivity contribution is 6.04. The Kier molecular flexibility index (Phi) is 16.2. The number of esters is 2. The third-order valence-electron chi connectivity index (χ3n) is 8.11. The first-order valence-corrected chi connectivity index (χ1v) is 17.2. The molecule has 0 aliphatic rings. The Morgan fingerprint density at radius 1 is 0.646 bits per heavy atom. The van der Waals surface area contributed by atoms with Crippen LogP contribution in [0.5, 0.6) is 5.75 Å². The van der Waals surface area contributed by atoms with Crippen molar-refractivity contribution in [1.29, 1.82) is 0 Å². The highest BCUT2D eigenvalue weighted by atomic mass is 19.4. The van der Waals surface area contributed by atoms with Gasteiger partial charge in [-0.05, 0) is 78.9 Å². The minimum Gasteiger partial charge on any atom is -0.449 e. The summed E-state index contributed by atoms with van der Waals surface area (Å²) in [5.41, 5.74) is 2.49. The lowest BCUT2D eigenvalue weighted by molar-refractivity contribution is -0.206. The predicted octanol–water partition coefficient (Wildman–Crippen LogP) is 11.1. The van der Waals surface area contributed by atoms with E-state index in [0.29, 0.717) is 36.3 Å². The van der Waals surface area contributed by atoms with Crippen molar-refractivity contribution in [3.63, 3.8) is 0 Å². The number of alkyl halides is 3. The van der Waals surface area contributed by atoms with Gasteiger partial charge in [-0.1, -0.05) is 102 Å². The maximum Gasteiger partial charge on any atom is 0.425 e. The summed E-state index contributed by atoms with van der Waals surface area (Å²) in [6, 6.07) is 19.7. The summed E-state index contributed by atoms with van der Waals surface area (Å²) in [5.74, 6) is -1.20. The van der Waals surface area contributed by atoms with Gasteiger partial charge in [0.2, 0.25) is 0 Å². The molecule has 260 valence electrons. The molecule has 0 spiro atoms. The molecule has 6 nitrogen and oxygen atoms in total. The number of hydrogen-bond donors (Lipinski definition) is 1. The summed E-state index contributed by atoms with van der Waals surface area (Å²) >= 11 is 0. The lowest BCUT2D eigenvalue weighted by Gasteiger charge is -2.20. The third-order valence-corrected chi connectivity index (χ3v) is 8.11. The largest absolute Gasteiger partial charge is 0.449 e. The van der Waals surface area contributed by atoms with Crippen LogP contribution in [-0.4, -0.2) is 30.1 Å². The molecule has 3 aromatic rings. The second kappa shape index (κ2) is 20.3. The van der Waals surface area contributed by atoms with Gasteiger partial charge in [-0.25, -0.2) is 4.79 Å². The van der Waals surface area contributed by atoms with Crippen LogP contribution in [-0.2, 0) is 9.53 Å². The number of carbonyl (C=O) groups excluding carboxylic acids is 3. The van der Waals surface area contributed by atoms with Crippen molar-refractivity contribution >= 4 is 23.5 Å². The molecule has 0 heterocycles. The number of halogens is 3. The predicted molar refractivity (Wildman–Crippen MR) is 183 cm³/mol. The molecule has 0 aromatic heterocycles. The van der Waals surface area contributed by atoms with Crippen LogP contribution in [0, 0.1) is 0 Å². The number of unbranched alkanes of at least 4 members (excludes halogenated alkanes) is 10. The zero-order valence-corrected chi connectivity index (χ0v) is 28.1. The molecule has 1 unspecified atom stereocenters. The van der Waals surface area contributed by atoms with E-state index in [1.54, 1.807) is 36.4 Å². The average Bonchev–Trinajstić information content (AvgIpc) is 3.07. The van der Waals surface area contributed by atoms with Gasteiger partial charge in [0.25, 0.3) is 5.91 Å². The second-order valence-corrected chi connectivity index (χ2v) is 12.1. The van der Waals surface area contributed by atoms with Crippen molar-refractivity contribution in [1.82, 2.24) is 0 Å². The monoisotopic (exact) mass is 667 g/mol. The van der Waals surface area contributed by atoms with Crippen LogP contribution in [0.25, 0.3) is 11.1 Å². The van der Waals surface area contributed by atoms with Crippen molar-refractivity contribution in [2.45, 2.75) is 116 Å². The number of carbonyl (C=O) groups is 3. The summed E-state index contributed by atoms with van der Waals surface area (Å²) in [4.78, 5) is 37.5. The molecule has 0 aliphatic carbocycles. The molecule has 0 saturated carbocycles. The van der Waals surface area contributed by atoms with Gasteiger partial charge in [0.05, 0.1) is 5.56 Å². The maximum atomic E-state index is 13.4. The van der Waals surface area contributed by atoms with E-state index in [9.17, 15) is 27.6 Å². The van der Waals surface area contributed by atoms with Crippen LogP contribution in [0.1, 0.15) is 124 Å². The van der Waals surface area contributed by atoms with Crippen molar-refractivity contribution in [2.24, 2.45) is 0 Å². The van der Waals surface area contributed by atoms with Crippen LogP contribution in [0.4, 0.5) is 18.9 Å². The molecule has 48 heavy (non-hydrogen) atoms. The van der Waals surface area contributed by atoms with E-state index in [4.69, 9.17) is 9.47 Å². The lowest BCUT2D eigenvalue weighted by atomic mass is 10.0. The topological polar surface area (TPSA) is 81.7 Å². The molecule has 3 aromatic carbocycles. The summed E-state index contributed by atoms with van der Waals surface area (Å²) in [5, 5.41) is 2.73. The normalized spacial score (nSPS) is 11.9. The van der Waals surface area contributed by atoms with E-state index in [0.717, 1.165) is 43.2 Å². The number of nitrogens with one attached hydrogen (secondary N) is 1. The average molecular weight is 668 g/mol. The van der Waals surface area contributed by atoms with Gasteiger partial charge in [0, 0.05) is 17.7 Å². The maximum absolute atomic E-state index is 13.4. The Balaban J connectivity index is 1.46. The highest BCUT2D eigenvalue weighted by Crippen LogP contribution is 2.29. The first kappa shape index (κ1) is 38.3. The molecule has 0 radical (unpaired) electrons. The van der Waals surface area contributed by atoms with Crippen LogP contribution >= 0.6 is 0 Å². The van der Waals surface area contributed by atoms with Gasteiger partial charge >= 0.3 is 18.1 Å². The van der Waals surface area contributed by atoms with E-state index in [1.807, 2.05) is 19.1 Å². The molecular weight excluding hydrogens is 619 g/mol. The zero-order valence-electron chi connectivity index (χ0n) is 28.1. The number of amides is 1. The fourth-order valence-electron chi connectivity index (χ4n) is 5.25. The van der Waals surface area contributed by atoms with Crippen LogP contribution in [0.15, 0.2) is 72.8 Å². The van der Waals surface area contributed by atoms with Crippen LogP contribution in [0.3, 0.4) is 0 Å². The molecule has 0 bridgehead atoms. The van der Waals surface area contributed by atoms with E-state index in [-0.39, 0.29) is 23.9 Å². The molecule has 1 atom stereocenters. The summed E-state index contributed by atoms with van der Waals surface area (Å²) in [6.45, 7) is 4.17. The zero-order chi connectivity index (χ0) is 34.8. The fraction of sp³-hybridized carbons (Fsp3) is 0.462. The Bertz CT molecular complexity index is 1400. The number of rotatable bonds is 20. The quantitative estimate of drug-likeness (QED) is 0.0737. The summed E-state index contributed by atoms with van der Waals surface area (Å²) in [6.07, 6.45) is 5.30. The van der Waals surface area contributed by atoms with Gasteiger partial charge in [0.15, 0.2) is 6.10 Å². The highest BCUT2D eigenvalue weighted by Gasteiger charge is 2.42. The third kappa shape index (κ3) is 13.5. The number of hydrogen-bond acceptors (Lipinski definition) is 5. The minimum atomic E-state index is -4.64. The summed E-state index contributed by atoms with van der Waals surface area (Å²) in [7, 11) is 0. The SMILES string of the molecule is CCCCCCCCCCC(=O)Oc1ccc(-c2ccc(C(=O)Nc3ccc(C(=O)OC(CCCCCC)C(F)(F)F)cc3)cc2)cc1. The van der Waals surface area contributed by atoms with Gasteiger partial charge in [-0.2, -0.15) is 13.2 Å². The molecule has 9 heteroatoms. The molecule has 3 rings (SSSR count). The van der Waals surface area contributed by atoms with Gasteiger partial charge < -0.3 is 14.8 Å². The molecule has 1 amide bonds. The van der Waals surface area contributed by atoms with Crippen LogP contribution < -0.4 is 10.1 Å². The molecular formula is C39H48F3NO5. The molecule has 1 N–H and O–H groups in total. The van der Waals surface area contributed by atoms with Gasteiger partial charge in [-0.15, -0.1) is 0 Å². The van der Waals surface area contributed by atoms with E-state index < -0.39 is 18.2 Å². The standard InChI is InChI=1S/C39H48F3NO5/c1-3-5-7-9-10-11-12-14-16-36(44)47-34-27-23-30(24-28-34)29-17-19-31(20-18-29)37(45)43-33-25-21-32(22-26-33)38(46)48-35(39(40,41)42)15-13-8-6-4-2/h17-28,35H,3-16H2,1-2H3,(H,43,45). The van der Waals surface area contributed by atoms with Gasteiger partial charge in [-0.3, -0.25) is 9.59 Å². The number of anilines is 1. The first-order valence-electron chi connectivity index (χ1n) is 17.2. The van der Waals surface area contributed by atoms with Crippen molar-refractivity contribution in [3.05, 3.63) is 83.9 Å². The first-order chi connectivity index (χ1) is 23.1. The van der Waals surface area contributed by atoms with Crippen molar-refractivity contribution in [3.8, 4) is 16.9 Å². The van der Waals surface area contributed by atoms with Crippen molar-refractivity contribution < 1.29 is 37.0 Å². The minimum absolute atomic E-state index is 0.0376. The molecule has 0 aliphatic heterocycles. The Hall–Kier alpha value is -4.14. The Morgan fingerprint density at radius 2 is 1.15 bits per heavy atom. The number of ether oxygens (including phenoxy) is 2. The summed E-state index contributed by atoms with van der Waals surface area (Å²) < 4.78 is 50.5. The second-order valence-electron chi connectivity index (χ2n) is 12.1. The molecule has 0 fully saturated rings.